The summed E-state index contributed by atoms with van der Waals surface area (Å²) in [4.78, 5) is 32.2. The second-order valence-electron chi connectivity index (χ2n) is 6.66. The molecule has 31 heavy (non-hydrogen) atoms. The largest absolute Gasteiger partial charge is 0.463 e. The Hall–Kier alpha value is -3.03. The lowest BCUT2D eigenvalue weighted by molar-refractivity contribution is -0.139. The summed E-state index contributed by atoms with van der Waals surface area (Å²) in [7, 11) is 0. The molecule has 0 spiro atoms. The smallest absolute Gasteiger partial charge is 0.338 e. The Bertz CT molecular complexity index is 1000. The Morgan fingerprint density at radius 2 is 1.74 bits per heavy atom. The quantitative estimate of drug-likeness (QED) is 0.361. The highest BCUT2D eigenvalue weighted by atomic mass is 35.5. The van der Waals surface area contributed by atoms with Gasteiger partial charge in [0.05, 0.1) is 24.4 Å². The summed E-state index contributed by atoms with van der Waals surface area (Å²) in [6.45, 7) is 3.39. The molecule has 2 aromatic rings. The number of oxime groups is 1. The van der Waals surface area contributed by atoms with Crippen LogP contribution in [0.15, 0.2) is 65.0 Å². The van der Waals surface area contributed by atoms with Gasteiger partial charge in [0.15, 0.2) is 6.73 Å². The number of urea groups is 1. The minimum atomic E-state index is -0.726. The first kappa shape index (κ1) is 22.7. The molecule has 2 aromatic carbocycles. The van der Waals surface area contributed by atoms with Crippen molar-refractivity contribution in [3.63, 3.8) is 0 Å². The lowest BCUT2D eigenvalue weighted by Gasteiger charge is -2.36. The summed E-state index contributed by atoms with van der Waals surface area (Å²) in [5.41, 5.74) is 2.20. The van der Waals surface area contributed by atoms with Crippen molar-refractivity contribution < 1.29 is 19.2 Å². The molecule has 0 aliphatic carbocycles. The maximum Gasteiger partial charge on any atom is 0.338 e. The molecular formula is C22H21Cl2N3O4. The van der Waals surface area contributed by atoms with Crippen LogP contribution in [0.4, 0.5) is 4.79 Å². The van der Waals surface area contributed by atoms with E-state index in [0.29, 0.717) is 26.9 Å². The standard InChI is InChI=1S/C22H21Cl2N3O4/c1-3-30-21(28)19-14(2)26-22(29)27(20(19)16-6-10-18(24)11-7-16)13-31-25-12-15-4-8-17(23)9-5-15/h4-12,20H,3,13H2,1-2H3,(H,26,29)/b25-12+. The number of allylic oxidation sites excluding steroid dienone is 1. The summed E-state index contributed by atoms with van der Waals surface area (Å²) >= 11 is 11.9. The molecule has 162 valence electrons. The second-order valence-corrected chi connectivity index (χ2v) is 7.53. The number of hydrogen-bond acceptors (Lipinski definition) is 5. The Balaban J connectivity index is 1.86. The SMILES string of the molecule is CCOC(=O)C1=C(C)NC(=O)N(CO/N=C/c2ccc(Cl)cc2)C1c1ccc(Cl)cc1. The van der Waals surface area contributed by atoms with Crippen molar-refractivity contribution in [2.24, 2.45) is 5.16 Å². The Morgan fingerprint density at radius 1 is 1.13 bits per heavy atom. The number of amides is 2. The molecule has 0 radical (unpaired) electrons. The van der Waals surface area contributed by atoms with E-state index in [9.17, 15) is 9.59 Å². The highest BCUT2D eigenvalue weighted by Crippen LogP contribution is 2.34. The van der Waals surface area contributed by atoms with E-state index in [2.05, 4.69) is 10.5 Å². The van der Waals surface area contributed by atoms with Crippen molar-refractivity contribution in [2.45, 2.75) is 19.9 Å². The van der Waals surface area contributed by atoms with Crippen LogP contribution in [0.25, 0.3) is 0 Å². The zero-order valence-corrected chi connectivity index (χ0v) is 18.5. The number of halogens is 2. The van der Waals surface area contributed by atoms with Crippen LogP contribution in [-0.2, 0) is 14.4 Å². The minimum absolute atomic E-state index is 0.195. The molecular weight excluding hydrogens is 441 g/mol. The third-order valence-electron chi connectivity index (χ3n) is 4.57. The van der Waals surface area contributed by atoms with Crippen LogP contribution in [0.5, 0.6) is 0 Å². The molecule has 1 aliphatic heterocycles. The van der Waals surface area contributed by atoms with E-state index in [4.69, 9.17) is 32.8 Å². The van der Waals surface area contributed by atoms with Gasteiger partial charge in [-0.3, -0.25) is 4.90 Å². The molecule has 9 heteroatoms. The van der Waals surface area contributed by atoms with Crippen molar-refractivity contribution in [1.82, 2.24) is 10.2 Å². The fraction of sp³-hybridized carbons (Fsp3) is 0.227. The fourth-order valence-electron chi connectivity index (χ4n) is 3.12. The highest BCUT2D eigenvalue weighted by Gasteiger charge is 2.38. The van der Waals surface area contributed by atoms with E-state index in [-0.39, 0.29) is 13.3 Å². The first-order chi connectivity index (χ1) is 14.9. The molecule has 1 atom stereocenters. The molecule has 0 saturated carbocycles. The average Bonchev–Trinajstić information content (AvgIpc) is 2.74. The minimum Gasteiger partial charge on any atom is -0.463 e. The Labute approximate surface area is 190 Å². The highest BCUT2D eigenvalue weighted by molar-refractivity contribution is 6.30. The third-order valence-corrected chi connectivity index (χ3v) is 5.07. The lowest BCUT2D eigenvalue weighted by atomic mass is 9.94. The molecule has 2 amide bonds. The van der Waals surface area contributed by atoms with Gasteiger partial charge in [-0.15, -0.1) is 0 Å². The van der Waals surface area contributed by atoms with Gasteiger partial charge < -0.3 is 14.9 Å². The van der Waals surface area contributed by atoms with Crippen molar-refractivity contribution >= 4 is 41.4 Å². The van der Waals surface area contributed by atoms with Gasteiger partial charge in [-0.05, 0) is 49.2 Å². The molecule has 1 heterocycles. The fourth-order valence-corrected chi connectivity index (χ4v) is 3.37. The molecule has 0 aromatic heterocycles. The van der Waals surface area contributed by atoms with Crippen LogP contribution in [0.2, 0.25) is 10.0 Å². The van der Waals surface area contributed by atoms with Gasteiger partial charge in [-0.2, -0.15) is 0 Å². The first-order valence-electron chi connectivity index (χ1n) is 9.52. The van der Waals surface area contributed by atoms with Crippen molar-refractivity contribution in [1.29, 1.82) is 0 Å². The van der Waals surface area contributed by atoms with Crippen LogP contribution in [0.3, 0.4) is 0 Å². The predicted octanol–water partition coefficient (Wildman–Crippen LogP) is 4.91. The molecule has 1 N–H and O–H groups in total. The third kappa shape index (κ3) is 5.57. The topological polar surface area (TPSA) is 80.2 Å². The van der Waals surface area contributed by atoms with Crippen molar-refractivity contribution in [3.8, 4) is 0 Å². The number of esters is 1. The number of hydrogen-bond donors (Lipinski definition) is 1. The van der Waals surface area contributed by atoms with Gasteiger partial charge in [-0.25, -0.2) is 9.59 Å². The predicted molar refractivity (Wildman–Crippen MR) is 119 cm³/mol. The first-order valence-corrected chi connectivity index (χ1v) is 10.3. The molecule has 0 saturated heterocycles. The van der Waals surface area contributed by atoms with Crippen LogP contribution in [0.1, 0.15) is 31.0 Å². The zero-order valence-electron chi connectivity index (χ0n) is 17.0. The molecule has 3 rings (SSSR count). The number of benzene rings is 2. The molecule has 0 bridgehead atoms. The van der Waals surface area contributed by atoms with E-state index in [1.54, 1.807) is 62.4 Å². The maximum absolute atomic E-state index is 12.7. The lowest BCUT2D eigenvalue weighted by Crippen LogP contribution is -2.49. The van der Waals surface area contributed by atoms with E-state index in [0.717, 1.165) is 5.56 Å². The Kier molecular flexibility index (Phi) is 7.55. The number of nitrogens with zero attached hydrogens (tertiary/aromatic N) is 2. The van der Waals surface area contributed by atoms with Gasteiger partial charge in [0.25, 0.3) is 0 Å². The summed E-state index contributed by atoms with van der Waals surface area (Å²) < 4.78 is 5.22. The van der Waals surface area contributed by atoms with Gasteiger partial charge in [0.2, 0.25) is 0 Å². The molecule has 1 aliphatic rings. The van der Waals surface area contributed by atoms with Crippen molar-refractivity contribution in [3.05, 3.63) is 81.0 Å². The summed E-state index contributed by atoms with van der Waals surface area (Å²) in [6.07, 6.45) is 1.50. The maximum atomic E-state index is 12.7. The van der Waals surface area contributed by atoms with Crippen LogP contribution < -0.4 is 5.32 Å². The number of carbonyl (C=O) groups excluding carboxylic acids is 2. The Morgan fingerprint density at radius 3 is 2.35 bits per heavy atom. The van der Waals surface area contributed by atoms with E-state index < -0.39 is 18.0 Å². The van der Waals surface area contributed by atoms with Crippen LogP contribution in [0, 0.1) is 0 Å². The number of carbonyl (C=O) groups is 2. The van der Waals surface area contributed by atoms with E-state index >= 15 is 0 Å². The number of ether oxygens (including phenoxy) is 1. The van der Waals surface area contributed by atoms with Gasteiger partial charge in [0, 0.05) is 15.7 Å². The molecule has 7 nitrogen and oxygen atoms in total. The van der Waals surface area contributed by atoms with Gasteiger partial charge >= 0.3 is 12.0 Å². The molecule has 0 fully saturated rings. The normalized spacial score (nSPS) is 16.5. The van der Waals surface area contributed by atoms with Gasteiger partial charge in [0.1, 0.15) is 0 Å². The zero-order chi connectivity index (χ0) is 22.4. The molecule has 1 unspecified atom stereocenters. The number of rotatable bonds is 7. The van der Waals surface area contributed by atoms with Crippen LogP contribution in [-0.4, -0.2) is 36.5 Å². The summed E-state index contributed by atoms with van der Waals surface area (Å²) in [5.74, 6) is -0.519. The van der Waals surface area contributed by atoms with Crippen LogP contribution >= 0.6 is 23.2 Å². The van der Waals surface area contributed by atoms with Crippen molar-refractivity contribution in [2.75, 3.05) is 13.3 Å². The van der Waals surface area contributed by atoms with E-state index in [1.165, 1.54) is 11.1 Å². The average molecular weight is 462 g/mol. The van der Waals surface area contributed by atoms with E-state index in [1.807, 2.05) is 0 Å². The van der Waals surface area contributed by atoms with Gasteiger partial charge in [-0.1, -0.05) is 52.6 Å². The summed E-state index contributed by atoms with van der Waals surface area (Å²) in [6, 6.07) is 12.8. The monoisotopic (exact) mass is 461 g/mol. The summed E-state index contributed by atoms with van der Waals surface area (Å²) in [5, 5.41) is 7.77. The number of nitrogens with one attached hydrogen (secondary N) is 1. The second kappa shape index (κ2) is 10.3.